The fourth-order valence-electron chi connectivity index (χ4n) is 1.35. The molecule has 0 aliphatic carbocycles. The van der Waals surface area contributed by atoms with Crippen molar-refractivity contribution in [2.75, 3.05) is 6.54 Å². The maximum Gasteiger partial charge on any atom is 0.0175 e. The third-order valence-electron chi connectivity index (χ3n) is 2.25. The molecule has 0 fully saturated rings. The van der Waals surface area contributed by atoms with Crippen molar-refractivity contribution in [3.63, 3.8) is 0 Å². The molecular formula is C14H27N. The van der Waals surface area contributed by atoms with Crippen LogP contribution in [0.25, 0.3) is 0 Å². The van der Waals surface area contributed by atoms with Gasteiger partial charge in [0.1, 0.15) is 0 Å². The number of hydrogen-bond donors (Lipinski definition) is 1. The van der Waals surface area contributed by atoms with Gasteiger partial charge < -0.3 is 5.32 Å². The molecule has 15 heavy (non-hydrogen) atoms. The Morgan fingerprint density at radius 2 is 1.87 bits per heavy atom. The van der Waals surface area contributed by atoms with E-state index in [4.69, 9.17) is 0 Å². The second-order valence-electron chi connectivity index (χ2n) is 4.35. The van der Waals surface area contributed by atoms with Gasteiger partial charge in [-0.2, -0.15) is 0 Å². The zero-order valence-corrected chi connectivity index (χ0v) is 10.6. The van der Waals surface area contributed by atoms with Crippen molar-refractivity contribution in [3.8, 4) is 0 Å². The van der Waals surface area contributed by atoms with Crippen LogP contribution < -0.4 is 5.32 Å². The van der Waals surface area contributed by atoms with Crippen molar-refractivity contribution >= 4 is 0 Å². The van der Waals surface area contributed by atoms with E-state index in [1.807, 2.05) is 0 Å². The topological polar surface area (TPSA) is 12.0 Å². The minimum atomic E-state index is 0.838. The van der Waals surface area contributed by atoms with Gasteiger partial charge in [-0.3, -0.25) is 0 Å². The van der Waals surface area contributed by atoms with Crippen LogP contribution in [0, 0.1) is 5.92 Å². The van der Waals surface area contributed by atoms with Gasteiger partial charge in [0, 0.05) is 6.54 Å². The Kier molecular flexibility index (Phi) is 10.8. The van der Waals surface area contributed by atoms with Gasteiger partial charge >= 0.3 is 0 Å². The van der Waals surface area contributed by atoms with E-state index >= 15 is 0 Å². The van der Waals surface area contributed by atoms with Crippen molar-refractivity contribution in [2.45, 2.75) is 52.9 Å². The van der Waals surface area contributed by atoms with Crippen molar-refractivity contribution in [1.29, 1.82) is 0 Å². The first-order chi connectivity index (χ1) is 7.27. The van der Waals surface area contributed by atoms with Crippen LogP contribution in [0.1, 0.15) is 52.9 Å². The molecule has 1 nitrogen and oxygen atoms in total. The van der Waals surface area contributed by atoms with Gasteiger partial charge in [-0.1, -0.05) is 45.4 Å². The van der Waals surface area contributed by atoms with Crippen LogP contribution in [0.15, 0.2) is 24.4 Å². The van der Waals surface area contributed by atoms with Gasteiger partial charge in [-0.05, 0) is 37.8 Å². The number of rotatable bonds is 9. The van der Waals surface area contributed by atoms with Crippen molar-refractivity contribution < 1.29 is 0 Å². The van der Waals surface area contributed by atoms with E-state index < -0.39 is 0 Å². The molecule has 0 aliphatic rings. The summed E-state index contributed by atoms with van der Waals surface area (Å²) in [5, 5.41) is 3.30. The molecule has 0 aromatic heterocycles. The van der Waals surface area contributed by atoms with Gasteiger partial charge in [0.15, 0.2) is 0 Å². The van der Waals surface area contributed by atoms with E-state index in [1.54, 1.807) is 0 Å². The molecule has 0 radical (unpaired) electrons. The van der Waals surface area contributed by atoms with Crippen LogP contribution in [0.2, 0.25) is 0 Å². The molecule has 1 heteroatoms. The lowest BCUT2D eigenvalue weighted by atomic mass is 10.1. The Bertz CT molecular complexity index is 168. The SMILES string of the molecule is CC/C=C/CCN/C=C/CCCC(C)C. The van der Waals surface area contributed by atoms with Gasteiger partial charge in [0.05, 0.1) is 0 Å². The minimum absolute atomic E-state index is 0.838. The summed E-state index contributed by atoms with van der Waals surface area (Å²) in [6.07, 6.45) is 14.9. The molecule has 0 bridgehead atoms. The molecule has 88 valence electrons. The lowest BCUT2D eigenvalue weighted by molar-refractivity contribution is 0.559. The Morgan fingerprint density at radius 1 is 1.07 bits per heavy atom. The van der Waals surface area contributed by atoms with Gasteiger partial charge in [-0.25, -0.2) is 0 Å². The monoisotopic (exact) mass is 209 g/mol. The largest absolute Gasteiger partial charge is 0.391 e. The van der Waals surface area contributed by atoms with Gasteiger partial charge in [0.2, 0.25) is 0 Å². The average molecular weight is 209 g/mol. The molecule has 0 amide bonds. The molecule has 0 heterocycles. The van der Waals surface area contributed by atoms with E-state index in [0.717, 1.165) is 25.3 Å². The molecule has 0 rings (SSSR count). The second-order valence-corrected chi connectivity index (χ2v) is 4.35. The first-order valence-electron chi connectivity index (χ1n) is 6.30. The van der Waals surface area contributed by atoms with Crippen molar-refractivity contribution in [1.82, 2.24) is 5.32 Å². The average Bonchev–Trinajstić information content (AvgIpc) is 2.20. The van der Waals surface area contributed by atoms with Gasteiger partial charge in [0.25, 0.3) is 0 Å². The van der Waals surface area contributed by atoms with Crippen LogP contribution in [0.5, 0.6) is 0 Å². The summed E-state index contributed by atoms with van der Waals surface area (Å²) >= 11 is 0. The van der Waals surface area contributed by atoms with Crippen LogP contribution in [-0.4, -0.2) is 6.54 Å². The fraction of sp³-hybridized carbons (Fsp3) is 0.714. The second kappa shape index (κ2) is 11.4. The molecule has 0 aliphatic heterocycles. The van der Waals surface area contributed by atoms with E-state index in [1.165, 1.54) is 19.3 Å². The molecule has 0 aromatic rings. The number of hydrogen-bond acceptors (Lipinski definition) is 1. The zero-order valence-electron chi connectivity index (χ0n) is 10.6. The highest BCUT2D eigenvalue weighted by Gasteiger charge is 1.90. The predicted octanol–water partition coefficient (Wildman–Crippen LogP) is 4.27. The highest BCUT2D eigenvalue weighted by molar-refractivity contribution is 4.84. The molecule has 0 spiro atoms. The predicted molar refractivity (Wildman–Crippen MR) is 69.9 cm³/mol. The summed E-state index contributed by atoms with van der Waals surface area (Å²) in [4.78, 5) is 0. The summed E-state index contributed by atoms with van der Waals surface area (Å²) in [6, 6.07) is 0. The van der Waals surface area contributed by atoms with E-state index in [9.17, 15) is 0 Å². The summed E-state index contributed by atoms with van der Waals surface area (Å²) in [6.45, 7) is 7.78. The molecule has 0 saturated heterocycles. The van der Waals surface area contributed by atoms with E-state index in [-0.39, 0.29) is 0 Å². The smallest absolute Gasteiger partial charge is 0.0175 e. The third kappa shape index (κ3) is 13.3. The summed E-state index contributed by atoms with van der Waals surface area (Å²) in [5.74, 6) is 0.838. The zero-order chi connectivity index (χ0) is 11.4. The molecular weight excluding hydrogens is 182 g/mol. The van der Waals surface area contributed by atoms with Crippen LogP contribution in [0.4, 0.5) is 0 Å². The van der Waals surface area contributed by atoms with Crippen molar-refractivity contribution in [2.24, 2.45) is 5.92 Å². The molecule has 0 unspecified atom stereocenters. The fourth-order valence-corrected chi connectivity index (χ4v) is 1.35. The Labute approximate surface area is 95.7 Å². The molecule has 0 aromatic carbocycles. The summed E-state index contributed by atoms with van der Waals surface area (Å²) in [5.41, 5.74) is 0. The standard InChI is InChI=1S/C14H27N/c1-4-5-6-9-12-15-13-10-7-8-11-14(2)3/h5-6,10,13-15H,4,7-9,11-12H2,1-3H3/b6-5+,13-10+. The maximum atomic E-state index is 3.30. The molecule has 0 saturated carbocycles. The number of allylic oxidation sites excluding steroid dienone is 2. The normalized spacial score (nSPS) is 12.0. The number of nitrogens with one attached hydrogen (secondary N) is 1. The Hall–Kier alpha value is -0.720. The highest BCUT2D eigenvalue weighted by Crippen LogP contribution is 2.05. The van der Waals surface area contributed by atoms with Crippen LogP contribution >= 0.6 is 0 Å². The van der Waals surface area contributed by atoms with E-state index in [0.29, 0.717) is 0 Å². The Balaban J connectivity index is 3.14. The maximum absolute atomic E-state index is 3.30. The first-order valence-corrected chi connectivity index (χ1v) is 6.30. The number of unbranched alkanes of at least 4 members (excludes halogenated alkanes) is 1. The van der Waals surface area contributed by atoms with Crippen LogP contribution in [0.3, 0.4) is 0 Å². The van der Waals surface area contributed by atoms with Gasteiger partial charge in [-0.15, -0.1) is 0 Å². The van der Waals surface area contributed by atoms with Crippen LogP contribution in [-0.2, 0) is 0 Å². The minimum Gasteiger partial charge on any atom is -0.391 e. The third-order valence-corrected chi connectivity index (χ3v) is 2.25. The summed E-state index contributed by atoms with van der Waals surface area (Å²) < 4.78 is 0. The van der Waals surface area contributed by atoms with Crippen molar-refractivity contribution in [3.05, 3.63) is 24.4 Å². The molecule has 1 N–H and O–H groups in total. The molecule has 0 atom stereocenters. The summed E-state index contributed by atoms with van der Waals surface area (Å²) in [7, 11) is 0. The lowest BCUT2D eigenvalue weighted by Crippen LogP contribution is -2.05. The first kappa shape index (κ1) is 14.3. The lowest BCUT2D eigenvalue weighted by Gasteiger charge is -2.01. The van der Waals surface area contributed by atoms with E-state index in [2.05, 4.69) is 50.5 Å². The Morgan fingerprint density at radius 3 is 2.53 bits per heavy atom. The highest BCUT2D eigenvalue weighted by atomic mass is 14.8. The quantitative estimate of drug-likeness (QED) is 0.441.